The first-order chi connectivity index (χ1) is 14.4. The lowest BCUT2D eigenvalue weighted by atomic mass is 10.0. The molecule has 0 unspecified atom stereocenters. The van der Waals surface area contributed by atoms with Gasteiger partial charge < -0.3 is 26.0 Å². The molecule has 2 aromatic carbocycles. The van der Waals surface area contributed by atoms with Gasteiger partial charge in [0.1, 0.15) is 17.4 Å². The summed E-state index contributed by atoms with van der Waals surface area (Å²) in [5, 5.41) is 20.3. The number of rotatable bonds is 8. The molecule has 6 nitrogen and oxygen atoms in total. The lowest BCUT2D eigenvalue weighted by molar-refractivity contribution is -0.192. The summed E-state index contributed by atoms with van der Waals surface area (Å²) in [6.45, 7) is 0.825. The second kappa shape index (κ2) is 12.2. The van der Waals surface area contributed by atoms with E-state index in [1.165, 1.54) is 12.1 Å². The van der Waals surface area contributed by atoms with Gasteiger partial charge in [-0.3, -0.25) is 0 Å². The minimum Gasteiger partial charge on any atom is -0.497 e. The van der Waals surface area contributed by atoms with Gasteiger partial charge in [0.05, 0.1) is 13.2 Å². The van der Waals surface area contributed by atoms with Crippen molar-refractivity contribution < 1.29 is 41.7 Å². The molecule has 11 heteroatoms. The zero-order valence-electron chi connectivity index (χ0n) is 16.5. The zero-order chi connectivity index (χ0) is 23.6. The smallest absolute Gasteiger partial charge is 0.490 e. The molecule has 2 rings (SSSR count). The standard InChI is InChI=1S/C18H22F2N2O2.C2HF3O2/c1-24-16-4-2-3-12(7-16)10-22-11-18(23)17(21)8-13-5-14(19)9-15(20)6-13;3-2(4,5)1(6)7/h2-7,9,17-18,22-23H,8,10-11,21H2,1H3;(H,6,7)/t17-,18-;/m0./s1. The van der Waals surface area contributed by atoms with Crippen molar-refractivity contribution in [2.75, 3.05) is 13.7 Å². The quantitative estimate of drug-likeness (QED) is 0.461. The van der Waals surface area contributed by atoms with Crippen LogP contribution in [0.15, 0.2) is 42.5 Å². The highest BCUT2D eigenvalue weighted by Crippen LogP contribution is 2.14. The van der Waals surface area contributed by atoms with Crippen molar-refractivity contribution in [3.63, 3.8) is 0 Å². The number of halogens is 5. The average molecular weight is 450 g/mol. The molecule has 0 radical (unpaired) electrons. The third kappa shape index (κ3) is 10.2. The van der Waals surface area contributed by atoms with Crippen LogP contribution in [0.1, 0.15) is 11.1 Å². The summed E-state index contributed by atoms with van der Waals surface area (Å²) < 4.78 is 63.2. The number of carboxylic acid groups (broad SMARTS) is 1. The first-order valence-corrected chi connectivity index (χ1v) is 8.94. The predicted octanol–water partition coefficient (Wildman–Crippen LogP) is 2.63. The summed E-state index contributed by atoms with van der Waals surface area (Å²) in [6, 6.07) is 10.2. The van der Waals surface area contributed by atoms with Crippen molar-refractivity contribution in [1.82, 2.24) is 5.32 Å². The number of benzene rings is 2. The number of hydrogen-bond donors (Lipinski definition) is 4. The molecule has 0 aliphatic carbocycles. The molecule has 5 N–H and O–H groups in total. The van der Waals surface area contributed by atoms with Crippen molar-refractivity contribution in [3.05, 3.63) is 65.2 Å². The maximum atomic E-state index is 13.2. The summed E-state index contributed by atoms with van der Waals surface area (Å²) in [6.07, 6.45) is -5.72. The number of hydrogen-bond acceptors (Lipinski definition) is 5. The fourth-order valence-electron chi connectivity index (χ4n) is 2.44. The van der Waals surface area contributed by atoms with E-state index in [1.54, 1.807) is 7.11 Å². The molecule has 172 valence electrons. The Morgan fingerprint density at radius 1 is 1.13 bits per heavy atom. The van der Waals surface area contributed by atoms with Crippen molar-refractivity contribution >= 4 is 5.97 Å². The van der Waals surface area contributed by atoms with E-state index in [2.05, 4.69) is 5.32 Å². The monoisotopic (exact) mass is 450 g/mol. The molecule has 31 heavy (non-hydrogen) atoms. The number of aliphatic hydroxyl groups excluding tert-OH is 1. The molecule has 0 heterocycles. The first kappa shape index (κ1) is 26.3. The summed E-state index contributed by atoms with van der Waals surface area (Å²) in [7, 11) is 1.60. The van der Waals surface area contributed by atoms with Gasteiger partial charge >= 0.3 is 12.1 Å². The van der Waals surface area contributed by atoms with E-state index in [-0.39, 0.29) is 13.0 Å². The number of aliphatic hydroxyl groups is 1. The molecule has 0 spiro atoms. The Hall–Kier alpha value is -2.76. The third-order valence-electron chi connectivity index (χ3n) is 3.95. The van der Waals surface area contributed by atoms with E-state index in [9.17, 15) is 27.1 Å². The Morgan fingerprint density at radius 2 is 1.71 bits per heavy atom. The zero-order valence-corrected chi connectivity index (χ0v) is 16.5. The van der Waals surface area contributed by atoms with Gasteiger partial charge in [0.25, 0.3) is 0 Å². The maximum absolute atomic E-state index is 13.2. The van der Waals surface area contributed by atoms with Gasteiger partial charge in [0.15, 0.2) is 0 Å². The molecule has 2 atom stereocenters. The summed E-state index contributed by atoms with van der Waals surface area (Å²) in [4.78, 5) is 8.90. The van der Waals surface area contributed by atoms with Crippen LogP contribution >= 0.6 is 0 Å². The summed E-state index contributed by atoms with van der Waals surface area (Å²) >= 11 is 0. The van der Waals surface area contributed by atoms with Crippen molar-refractivity contribution in [1.29, 1.82) is 0 Å². The third-order valence-corrected chi connectivity index (χ3v) is 3.95. The molecular formula is C20H23F5N2O4. The van der Waals surface area contributed by atoms with Crippen LogP contribution in [0.2, 0.25) is 0 Å². The van der Waals surface area contributed by atoms with Gasteiger partial charge in [-0.2, -0.15) is 13.2 Å². The fraction of sp³-hybridized carbons (Fsp3) is 0.350. The van der Waals surface area contributed by atoms with Gasteiger partial charge in [-0.15, -0.1) is 0 Å². The molecule has 0 bridgehead atoms. The number of nitrogens with one attached hydrogen (secondary N) is 1. The highest BCUT2D eigenvalue weighted by Gasteiger charge is 2.38. The lowest BCUT2D eigenvalue weighted by Crippen LogP contribution is -2.43. The van der Waals surface area contributed by atoms with Crippen LogP contribution in [-0.4, -0.2) is 48.2 Å². The Morgan fingerprint density at radius 3 is 2.23 bits per heavy atom. The second-order valence-corrected chi connectivity index (χ2v) is 6.50. The minimum absolute atomic E-state index is 0.191. The summed E-state index contributed by atoms with van der Waals surface area (Å²) in [5.41, 5.74) is 7.36. The number of carboxylic acids is 1. The van der Waals surface area contributed by atoms with Gasteiger partial charge in [-0.25, -0.2) is 13.6 Å². The van der Waals surface area contributed by atoms with Crippen LogP contribution in [-0.2, 0) is 17.8 Å². The van der Waals surface area contributed by atoms with E-state index >= 15 is 0 Å². The predicted molar refractivity (Wildman–Crippen MR) is 102 cm³/mol. The van der Waals surface area contributed by atoms with Crippen LogP contribution < -0.4 is 15.8 Å². The van der Waals surface area contributed by atoms with Crippen LogP contribution in [0.4, 0.5) is 22.0 Å². The van der Waals surface area contributed by atoms with Gasteiger partial charge in [-0.1, -0.05) is 12.1 Å². The van der Waals surface area contributed by atoms with Gasteiger partial charge in [0.2, 0.25) is 0 Å². The molecule has 2 aromatic rings. The number of methoxy groups -OCH3 is 1. The molecule has 0 aromatic heterocycles. The molecule has 0 aliphatic rings. The number of alkyl halides is 3. The first-order valence-electron chi connectivity index (χ1n) is 8.94. The Balaban J connectivity index is 0.000000592. The number of ether oxygens (including phenoxy) is 1. The Bertz CT molecular complexity index is 828. The average Bonchev–Trinajstić information content (AvgIpc) is 2.67. The van der Waals surface area contributed by atoms with E-state index in [1.807, 2.05) is 24.3 Å². The lowest BCUT2D eigenvalue weighted by Gasteiger charge is -2.19. The molecular weight excluding hydrogens is 427 g/mol. The van der Waals surface area contributed by atoms with E-state index in [0.717, 1.165) is 17.4 Å². The van der Waals surface area contributed by atoms with Crippen molar-refractivity contribution in [2.45, 2.75) is 31.3 Å². The number of nitrogens with two attached hydrogens (primary N) is 1. The van der Waals surface area contributed by atoms with Crippen LogP contribution in [0.25, 0.3) is 0 Å². The van der Waals surface area contributed by atoms with Crippen LogP contribution in [0, 0.1) is 11.6 Å². The highest BCUT2D eigenvalue weighted by atomic mass is 19.4. The Kier molecular flexibility index (Phi) is 10.3. The van der Waals surface area contributed by atoms with E-state index < -0.39 is 35.9 Å². The molecule has 0 saturated heterocycles. The van der Waals surface area contributed by atoms with Crippen LogP contribution in [0.3, 0.4) is 0 Å². The van der Waals surface area contributed by atoms with Crippen LogP contribution in [0.5, 0.6) is 5.75 Å². The molecule has 0 fully saturated rings. The minimum atomic E-state index is -5.08. The highest BCUT2D eigenvalue weighted by molar-refractivity contribution is 5.73. The van der Waals surface area contributed by atoms with Crippen molar-refractivity contribution in [3.8, 4) is 5.75 Å². The molecule has 0 amide bonds. The largest absolute Gasteiger partial charge is 0.497 e. The van der Waals surface area contributed by atoms with E-state index in [4.69, 9.17) is 20.4 Å². The normalized spacial score (nSPS) is 13.0. The molecule has 0 saturated carbocycles. The maximum Gasteiger partial charge on any atom is 0.490 e. The SMILES string of the molecule is COc1cccc(CNC[C@H](O)[C@@H](N)Cc2cc(F)cc(F)c2)c1.O=C(O)C(F)(F)F. The number of carbonyl (C=O) groups is 1. The van der Waals surface area contributed by atoms with Gasteiger partial charge in [-0.05, 0) is 41.8 Å². The van der Waals surface area contributed by atoms with Gasteiger partial charge in [0, 0.05) is 25.2 Å². The second-order valence-electron chi connectivity index (χ2n) is 6.50. The van der Waals surface area contributed by atoms with E-state index in [0.29, 0.717) is 12.1 Å². The van der Waals surface area contributed by atoms with Crippen molar-refractivity contribution in [2.24, 2.45) is 5.73 Å². The fourth-order valence-corrected chi connectivity index (χ4v) is 2.44. The summed E-state index contributed by atoms with van der Waals surface area (Å²) in [5.74, 6) is -3.29. The topological polar surface area (TPSA) is 105 Å². The molecule has 0 aliphatic heterocycles. The number of aliphatic carboxylic acids is 1. The Labute approximate surface area is 175 Å².